The molecule has 236 valence electrons. The van der Waals surface area contributed by atoms with E-state index in [-0.39, 0.29) is 29.8 Å². The smallest absolute Gasteiger partial charge is 0.422 e. The maximum absolute atomic E-state index is 13.5. The molecule has 1 N–H and O–H groups in total. The summed E-state index contributed by atoms with van der Waals surface area (Å²) < 4.78 is 48.6. The van der Waals surface area contributed by atoms with Crippen molar-refractivity contribution in [3.05, 3.63) is 95.1 Å². The Balaban J connectivity index is 1.14. The van der Waals surface area contributed by atoms with Crippen LogP contribution in [0.5, 0.6) is 11.5 Å². The van der Waals surface area contributed by atoms with Gasteiger partial charge in [-0.25, -0.2) is 4.68 Å². The van der Waals surface area contributed by atoms with Gasteiger partial charge < -0.3 is 19.7 Å². The van der Waals surface area contributed by atoms with E-state index in [1.807, 2.05) is 0 Å². The molecule has 11 nitrogen and oxygen atoms in total. The minimum absolute atomic E-state index is 0.161. The zero-order chi connectivity index (χ0) is 32.0. The van der Waals surface area contributed by atoms with Crippen molar-refractivity contribution in [2.75, 3.05) is 45.2 Å². The van der Waals surface area contributed by atoms with E-state index in [9.17, 15) is 22.8 Å². The first-order chi connectivity index (χ1) is 21.6. The number of nitrogens with one attached hydrogen (secondary N) is 1. The van der Waals surface area contributed by atoms with Crippen molar-refractivity contribution in [2.24, 2.45) is 0 Å². The standard InChI is InChI=1S/C31H32F3N7O4/c1-21-28(30(43)40-15-13-39(14-16-40)18-22-3-8-26(9-4-22)45-20-31(32,33)34)41(38-37-21)19-23-5-12-27(35-17-23)29(42)36-24-6-10-25(44-2)11-7-24/h3-12,17H,13-16,18-20H2,1-2H3,(H,36,42). The number of nitrogens with zero attached hydrogens (tertiary/aromatic N) is 6. The van der Waals surface area contributed by atoms with Crippen molar-refractivity contribution in [3.8, 4) is 11.5 Å². The number of ether oxygens (including phenoxy) is 2. The molecule has 5 rings (SSSR count). The lowest BCUT2D eigenvalue weighted by Crippen LogP contribution is -2.48. The maximum atomic E-state index is 13.5. The van der Waals surface area contributed by atoms with Gasteiger partial charge in [-0.15, -0.1) is 5.10 Å². The summed E-state index contributed by atoms with van der Waals surface area (Å²) in [6.45, 7) is 3.50. The average Bonchev–Trinajstić information content (AvgIpc) is 3.40. The van der Waals surface area contributed by atoms with Crippen LogP contribution >= 0.6 is 0 Å². The Kier molecular flexibility index (Phi) is 9.62. The molecule has 2 aromatic carbocycles. The number of amides is 2. The molecule has 2 amide bonds. The molecule has 0 spiro atoms. The van der Waals surface area contributed by atoms with Gasteiger partial charge in [0.2, 0.25) is 0 Å². The van der Waals surface area contributed by atoms with Gasteiger partial charge in [0.15, 0.2) is 6.61 Å². The van der Waals surface area contributed by atoms with E-state index in [0.717, 1.165) is 11.1 Å². The molecule has 0 aliphatic carbocycles. The van der Waals surface area contributed by atoms with Crippen molar-refractivity contribution in [2.45, 2.75) is 26.2 Å². The van der Waals surface area contributed by atoms with Crippen LogP contribution in [0.3, 0.4) is 0 Å². The second-order valence-corrected chi connectivity index (χ2v) is 10.5. The first-order valence-corrected chi connectivity index (χ1v) is 14.2. The number of piperazine rings is 1. The van der Waals surface area contributed by atoms with Gasteiger partial charge in [-0.2, -0.15) is 13.2 Å². The summed E-state index contributed by atoms with van der Waals surface area (Å²) in [5.74, 6) is 0.313. The number of methoxy groups -OCH3 is 1. The number of aromatic nitrogens is 4. The zero-order valence-electron chi connectivity index (χ0n) is 24.8. The van der Waals surface area contributed by atoms with E-state index in [0.29, 0.717) is 55.5 Å². The number of rotatable bonds is 10. The number of anilines is 1. The van der Waals surface area contributed by atoms with Gasteiger partial charge in [0.25, 0.3) is 11.8 Å². The van der Waals surface area contributed by atoms with Crippen LogP contribution in [0.2, 0.25) is 0 Å². The summed E-state index contributed by atoms with van der Waals surface area (Å²) in [7, 11) is 1.57. The zero-order valence-corrected chi connectivity index (χ0v) is 24.8. The van der Waals surface area contributed by atoms with Crippen LogP contribution in [0, 0.1) is 6.92 Å². The largest absolute Gasteiger partial charge is 0.497 e. The highest BCUT2D eigenvalue weighted by Crippen LogP contribution is 2.21. The number of hydrogen-bond acceptors (Lipinski definition) is 8. The third kappa shape index (κ3) is 8.35. The molecule has 2 aromatic heterocycles. The fraction of sp³-hybridized carbons (Fsp3) is 0.323. The second-order valence-electron chi connectivity index (χ2n) is 10.5. The van der Waals surface area contributed by atoms with Gasteiger partial charge in [0.1, 0.15) is 22.9 Å². The molecule has 0 saturated carbocycles. The summed E-state index contributed by atoms with van der Waals surface area (Å²) in [4.78, 5) is 34.4. The molecule has 14 heteroatoms. The van der Waals surface area contributed by atoms with Crippen LogP contribution in [-0.4, -0.2) is 87.7 Å². The van der Waals surface area contributed by atoms with Crippen LogP contribution in [0.15, 0.2) is 66.9 Å². The van der Waals surface area contributed by atoms with Gasteiger partial charge >= 0.3 is 6.18 Å². The van der Waals surface area contributed by atoms with Gasteiger partial charge in [0.05, 0.1) is 19.3 Å². The Morgan fingerprint density at radius 1 is 0.889 bits per heavy atom. The van der Waals surface area contributed by atoms with Crippen LogP contribution < -0.4 is 14.8 Å². The molecule has 0 bridgehead atoms. The van der Waals surface area contributed by atoms with E-state index >= 15 is 0 Å². The van der Waals surface area contributed by atoms with Crippen LogP contribution in [-0.2, 0) is 13.1 Å². The predicted octanol–water partition coefficient (Wildman–Crippen LogP) is 4.19. The average molecular weight is 624 g/mol. The third-order valence-corrected chi connectivity index (χ3v) is 7.24. The SMILES string of the molecule is COc1ccc(NC(=O)c2ccc(Cn3nnc(C)c3C(=O)N3CCN(Cc4ccc(OCC(F)(F)F)cc4)CC3)cn2)cc1. The number of aryl methyl sites for hydroxylation is 1. The Morgan fingerprint density at radius 3 is 2.18 bits per heavy atom. The number of halogens is 3. The Hall–Kier alpha value is -4.98. The van der Waals surface area contributed by atoms with Crippen molar-refractivity contribution in [1.82, 2.24) is 29.8 Å². The normalized spacial score (nSPS) is 13.8. The van der Waals surface area contributed by atoms with E-state index in [1.165, 1.54) is 12.1 Å². The van der Waals surface area contributed by atoms with Crippen molar-refractivity contribution >= 4 is 17.5 Å². The number of alkyl halides is 3. The molecular formula is C31H32F3N7O4. The Morgan fingerprint density at radius 2 is 1.56 bits per heavy atom. The summed E-state index contributed by atoms with van der Waals surface area (Å²) in [5.41, 5.74) is 3.43. The van der Waals surface area contributed by atoms with Gasteiger partial charge in [-0.05, 0) is 60.5 Å². The first-order valence-electron chi connectivity index (χ1n) is 14.2. The number of hydrogen-bond donors (Lipinski definition) is 1. The van der Waals surface area contributed by atoms with Gasteiger partial charge in [-0.3, -0.25) is 19.5 Å². The Labute approximate surface area is 257 Å². The topological polar surface area (TPSA) is 115 Å². The molecule has 1 aliphatic rings. The minimum atomic E-state index is -4.39. The quantitative estimate of drug-likeness (QED) is 0.280. The van der Waals surface area contributed by atoms with E-state index in [4.69, 9.17) is 9.47 Å². The fourth-order valence-corrected chi connectivity index (χ4v) is 4.84. The number of carbonyl (C=O) groups excluding carboxylic acids is 2. The lowest BCUT2D eigenvalue weighted by atomic mass is 10.2. The molecule has 4 aromatic rings. The molecular weight excluding hydrogens is 591 g/mol. The molecule has 1 aliphatic heterocycles. The molecule has 3 heterocycles. The summed E-state index contributed by atoms with van der Waals surface area (Å²) in [6, 6.07) is 16.9. The van der Waals surface area contributed by atoms with E-state index in [1.54, 1.807) is 78.3 Å². The molecule has 1 fully saturated rings. The van der Waals surface area contributed by atoms with Gasteiger partial charge in [-0.1, -0.05) is 23.4 Å². The summed E-state index contributed by atoms with van der Waals surface area (Å²) in [6.07, 6.45) is -2.81. The number of benzene rings is 2. The highest BCUT2D eigenvalue weighted by atomic mass is 19.4. The third-order valence-electron chi connectivity index (χ3n) is 7.24. The molecule has 1 saturated heterocycles. The molecule has 0 atom stereocenters. The van der Waals surface area contributed by atoms with Crippen LogP contribution in [0.4, 0.5) is 18.9 Å². The predicted molar refractivity (Wildman–Crippen MR) is 158 cm³/mol. The number of pyridine rings is 1. The molecule has 0 unspecified atom stereocenters. The monoisotopic (exact) mass is 623 g/mol. The van der Waals surface area contributed by atoms with Crippen LogP contribution in [0.25, 0.3) is 0 Å². The van der Waals surface area contributed by atoms with Crippen molar-refractivity contribution < 1.29 is 32.2 Å². The lowest BCUT2D eigenvalue weighted by Gasteiger charge is -2.34. The van der Waals surface area contributed by atoms with Crippen molar-refractivity contribution in [3.63, 3.8) is 0 Å². The van der Waals surface area contributed by atoms with E-state index < -0.39 is 12.8 Å². The van der Waals surface area contributed by atoms with Gasteiger partial charge in [0, 0.05) is 44.6 Å². The summed E-state index contributed by atoms with van der Waals surface area (Å²) >= 11 is 0. The highest BCUT2D eigenvalue weighted by Gasteiger charge is 2.29. The minimum Gasteiger partial charge on any atom is -0.497 e. The Bertz CT molecular complexity index is 1600. The lowest BCUT2D eigenvalue weighted by molar-refractivity contribution is -0.153. The van der Waals surface area contributed by atoms with E-state index in [2.05, 4.69) is 25.5 Å². The fourth-order valence-electron chi connectivity index (χ4n) is 4.84. The first kappa shape index (κ1) is 31.4. The second kappa shape index (κ2) is 13.8. The van der Waals surface area contributed by atoms with Crippen molar-refractivity contribution in [1.29, 1.82) is 0 Å². The number of carbonyl (C=O) groups is 2. The molecule has 45 heavy (non-hydrogen) atoms. The molecule has 0 radical (unpaired) electrons. The maximum Gasteiger partial charge on any atom is 0.422 e. The van der Waals surface area contributed by atoms with Crippen LogP contribution in [0.1, 0.15) is 37.8 Å². The summed E-state index contributed by atoms with van der Waals surface area (Å²) in [5, 5.41) is 11.1. The highest BCUT2D eigenvalue weighted by molar-refractivity contribution is 6.02.